The second-order valence-electron chi connectivity index (χ2n) is 6.67. The fourth-order valence-corrected chi connectivity index (χ4v) is 4.22. The Bertz CT molecular complexity index is 950. The number of nitrogens with zero attached hydrogens (tertiary/aromatic N) is 2. The Balaban J connectivity index is 1.56. The second-order valence-corrected chi connectivity index (χ2v) is 7.58. The molecule has 0 saturated carbocycles. The van der Waals surface area contributed by atoms with Gasteiger partial charge in [-0.15, -0.1) is 0 Å². The van der Waals surface area contributed by atoms with Gasteiger partial charge >= 0.3 is 0 Å². The fourth-order valence-electron chi connectivity index (χ4n) is 3.81. The molecule has 4 rings (SSSR count). The minimum absolute atomic E-state index is 0.167. The summed E-state index contributed by atoms with van der Waals surface area (Å²) >= 11 is 3.54. The number of aromatic nitrogens is 1. The van der Waals surface area contributed by atoms with Crippen molar-refractivity contribution in [1.29, 1.82) is 0 Å². The van der Waals surface area contributed by atoms with Crippen molar-refractivity contribution in [1.82, 2.24) is 9.47 Å². The lowest BCUT2D eigenvalue weighted by Gasteiger charge is -2.25. The maximum Gasteiger partial charge on any atom is 0.243 e. The van der Waals surface area contributed by atoms with Crippen LogP contribution in [-0.4, -0.2) is 29.0 Å². The number of methoxy groups -OCH3 is 1. The largest absolute Gasteiger partial charge is 0.497 e. The Morgan fingerprint density at radius 2 is 2.12 bits per heavy atom. The molecule has 26 heavy (non-hydrogen) atoms. The average Bonchev–Trinajstić information content (AvgIpc) is 3.28. The topological polar surface area (TPSA) is 34.5 Å². The minimum atomic E-state index is 0.167. The molecule has 1 atom stereocenters. The lowest BCUT2D eigenvalue weighted by atomic mass is 10.0. The summed E-state index contributed by atoms with van der Waals surface area (Å²) in [7, 11) is 1.66. The van der Waals surface area contributed by atoms with Gasteiger partial charge in [-0.05, 0) is 54.8 Å². The van der Waals surface area contributed by atoms with Crippen molar-refractivity contribution in [2.75, 3.05) is 13.7 Å². The zero-order valence-corrected chi connectivity index (χ0v) is 16.3. The molecule has 0 radical (unpaired) electrons. The lowest BCUT2D eigenvalue weighted by molar-refractivity contribution is -0.132. The monoisotopic (exact) mass is 412 g/mol. The summed E-state index contributed by atoms with van der Waals surface area (Å²) in [6, 6.07) is 16.4. The average molecular weight is 413 g/mol. The van der Waals surface area contributed by atoms with E-state index in [2.05, 4.69) is 28.1 Å². The molecule has 0 aliphatic carbocycles. The highest BCUT2D eigenvalue weighted by molar-refractivity contribution is 9.10. The quantitative estimate of drug-likeness (QED) is 0.617. The van der Waals surface area contributed by atoms with E-state index in [0.29, 0.717) is 6.54 Å². The van der Waals surface area contributed by atoms with Gasteiger partial charge in [0.1, 0.15) is 12.3 Å². The van der Waals surface area contributed by atoms with Gasteiger partial charge in [0.2, 0.25) is 5.91 Å². The van der Waals surface area contributed by atoms with E-state index in [4.69, 9.17) is 4.74 Å². The number of amides is 1. The van der Waals surface area contributed by atoms with E-state index in [9.17, 15) is 4.79 Å². The van der Waals surface area contributed by atoms with Gasteiger partial charge in [0.15, 0.2) is 0 Å². The van der Waals surface area contributed by atoms with E-state index in [-0.39, 0.29) is 11.9 Å². The molecule has 1 fully saturated rings. The molecule has 1 aliphatic heterocycles. The molecule has 1 aliphatic rings. The molecule has 4 nitrogen and oxygen atoms in total. The van der Waals surface area contributed by atoms with Crippen LogP contribution in [0.2, 0.25) is 0 Å². The summed E-state index contributed by atoms with van der Waals surface area (Å²) in [6.07, 6.45) is 4.05. The fraction of sp³-hybridized carbons (Fsp3) is 0.286. The van der Waals surface area contributed by atoms with Crippen molar-refractivity contribution < 1.29 is 9.53 Å². The number of ether oxygens (including phenoxy) is 1. The highest BCUT2D eigenvalue weighted by atomic mass is 79.9. The Morgan fingerprint density at radius 1 is 1.23 bits per heavy atom. The van der Waals surface area contributed by atoms with Gasteiger partial charge in [-0.25, -0.2) is 0 Å². The summed E-state index contributed by atoms with van der Waals surface area (Å²) in [5, 5.41) is 1.09. The smallest absolute Gasteiger partial charge is 0.243 e. The first-order chi connectivity index (χ1) is 12.7. The molecule has 2 aromatic carbocycles. The number of halogens is 1. The Morgan fingerprint density at radius 3 is 2.92 bits per heavy atom. The normalized spacial score (nSPS) is 17.0. The van der Waals surface area contributed by atoms with E-state index in [1.807, 2.05) is 52.1 Å². The standard InChI is InChI=1S/C21H21BrN2O2/c1-26-18-7-8-19-16(13-18)9-11-23(19)14-21(25)24-10-3-6-20(24)15-4-2-5-17(22)12-15/h2,4-5,7-9,11-13,20H,3,6,10,14H2,1H3. The third-order valence-electron chi connectivity index (χ3n) is 5.09. The first kappa shape index (κ1) is 17.2. The maximum absolute atomic E-state index is 13.0. The summed E-state index contributed by atoms with van der Waals surface area (Å²) < 4.78 is 8.35. The number of hydrogen-bond donors (Lipinski definition) is 0. The van der Waals surface area contributed by atoms with Crippen molar-refractivity contribution in [3.05, 3.63) is 64.8 Å². The number of rotatable bonds is 4. The first-order valence-electron chi connectivity index (χ1n) is 8.83. The SMILES string of the molecule is COc1ccc2c(ccn2CC(=O)N2CCCC2c2cccc(Br)c2)c1. The Hall–Kier alpha value is -2.27. The Labute approximate surface area is 161 Å². The van der Waals surface area contributed by atoms with Crippen molar-refractivity contribution >= 4 is 32.7 Å². The van der Waals surface area contributed by atoms with Gasteiger partial charge in [-0.1, -0.05) is 28.1 Å². The van der Waals surface area contributed by atoms with Crippen molar-refractivity contribution in [3.8, 4) is 5.75 Å². The number of carbonyl (C=O) groups is 1. The van der Waals surface area contributed by atoms with Gasteiger partial charge in [-0.3, -0.25) is 4.79 Å². The summed E-state index contributed by atoms with van der Waals surface area (Å²) in [5.41, 5.74) is 2.25. The number of hydrogen-bond acceptors (Lipinski definition) is 2. The van der Waals surface area contributed by atoms with E-state index in [1.54, 1.807) is 7.11 Å². The number of carbonyl (C=O) groups excluding carboxylic acids is 1. The first-order valence-corrected chi connectivity index (χ1v) is 9.63. The Kier molecular flexibility index (Phi) is 4.72. The molecule has 3 aromatic rings. The van der Waals surface area contributed by atoms with Crippen molar-refractivity contribution in [2.45, 2.75) is 25.4 Å². The third kappa shape index (κ3) is 3.23. The molecule has 5 heteroatoms. The lowest BCUT2D eigenvalue weighted by Crippen LogP contribution is -2.33. The summed E-state index contributed by atoms with van der Waals surface area (Å²) in [4.78, 5) is 15.0. The number of benzene rings is 2. The van der Waals surface area contributed by atoms with E-state index < -0.39 is 0 Å². The number of likely N-dealkylation sites (tertiary alicyclic amines) is 1. The number of fused-ring (bicyclic) bond motifs is 1. The van der Waals surface area contributed by atoms with Gasteiger partial charge in [-0.2, -0.15) is 0 Å². The molecule has 2 heterocycles. The second kappa shape index (κ2) is 7.16. The molecule has 0 bridgehead atoms. The zero-order chi connectivity index (χ0) is 18.1. The van der Waals surface area contributed by atoms with Crippen LogP contribution in [0.15, 0.2) is 59.2 Å². The third-order valence-corrected chi connectivity index (χ3v) is 5.58. The van der Waals surface area contributed by atoms with Crippen LogP contribution in [0.1, 0.15) is 24.4 Å². The molecule has 1 amide bonds. The van der Waals surface area contributed by atoms with Crippen LogP contribution in [0.5, 0.6) is 5.75 Å². The van der Waals surface area contributed by atoms with Gasteiger partial charge in [0.05, 0.1) is 13.2 Å². The highest BCUT2D eigenvalue weighted by Gasteiger charge is 2.30. The van der Waals surface area contributed by atoms with Crippen LogP contribution in [0.4, 0.5) is 0 Å². The zero-order valence-electron chi connectivity index (χ0n) is 14.7. The van der Waals surface area contributed by atoms with Crippen LogP contribution in [-0.2, 0) is 11.3 Å². The summed E-state index contributed by atoms with van der Waals surface area (Å²) in [6.45, 7) is 1.18. The molecule has 1 aromatic heterocycles. The molecule has 0 N–H and O–H groups in total. The van der Waals surface area contributed by atoms with Crippen molar-refractivity contribution in [3.63, 3.8) is 0 Å². The van der Waals surface area contributed by atoms with Crippen LogP contribution < -0.4 is 4.74 Å². The molecule has 1 saturated heterocycles. The van der Waals surface area contributed by atoms with Crippen LogP contribution in [0.3, 0.4) is 0 Å². The predicted octanol–water partition coefficient (Wildman–Crippen LogP) is 4.78. The molecular formula is C21H21BrN2O2. The molecule has 0 spiro atoms. The van der Waals surface area contributed by atoms with Crippen molar-refractivity contribution in [2.24, 2.45) is 0 Å². The molecule has 134 valence electrons. The van der Waals surface area contributed by atoms with Gasteiger partial charge in [0.25, 0.3) is 0 Å². The maximum atomic E-state index is 13.0. The van der Waals surface area contributed by atoms with E-state index in [1.165, 1.54) is 5.56 Å². The van der Waals surface area contributed by atoms with Gasteiger partial charge < -0.3 is 14.2 Å². The van der Waals surface area contributed by atoms with Crippen LogP contribution in [0, 0.1) is 0 Å². The molecular weight excluding hydrogens is 392 g/mol. The molecule has 1 unspecified atom stereocenters. The van der Waals surface area contributed by atoms with Crippen LogP contribution >= 0.6 is 15.9 Å². The van der Waals surface area contributed by atoms with Gasteiger partial charge in [0, 0.05) is 28.1 Å². The van der Waals surface area contributed by atoms with E-state index >= 15 is 0 Å². The predicted molar refractivity (Wildman–Crippen MR) is 106 cm³/mol. The summed E-state index contributed by atoms with van der Waals surface area (Å²) in [5.74, 6) is 0.997. The van der Waals surface area contributed by atoms with E-state index in [0.717, 1.165) is 40.5 Å². The minimum Gasteiger partial charge on any atom is -0.497 e. The van der Waals surface area contributed by atoms with Crippen LogP contribution in [0.25, 0.3) is 10.9 Å². The highest BCUT2D eigenvalue weighted by Crippen LogP contribution is 2.33.